The van der Waals surface area contributed by atoms with Crippen LogP contribution in [0.25, 0.3) is 12.2 Å². The summed E-state index contributed by atoms with van der Waals surface area (Å²) >= 11 is 0. The van der Waals surface area contributed by atoms with Gasteiger partial charge in [0.15, 0.2) is 0 Å². The molecule has 24 heavy (non-hydrogen) atoms. The minimum atomic E-state index is -4.69. The maximum atomic E-state index is 12.3. The van der Waals surface area contributed by atoms with Gasteiger partial charge < -0.3 is 10.1 Å². The summed E-state index contributed by atoms with van der Waals surface area (Å²) in [5, 5.41) is 5.25. The van der Waals surface area contributed by atoms with Crippen molar-refractivity contribution >= 4 is 23.7 Å². The Hall–Kier alpha value is -2.50. The monoisotopic (exact) mass is 334 g/mol. The van der Waals surface area contributed by atoms with E-state index in [1.807, 2.05) is 6.92 Å². The lowest BCUT2D eigenvalue weighted by molar-refractivity contribution is -0.274. The molecule has 0 aliphatic heterocycles. The molecule has 0 fully saturated rings. The Morgan fingerprint density at radius 3 is 2.50 bits per heavy atom. The number of pyridine rings is 1. The molecule has 3 nitrogen and oxygen atoms in total. The van der Waals surface area contributed by atoms with Crippen molar-refractivity contribution in [2.24, 2.45) is 0 Å². The van der Waals surface area contributed by atoms with Crippen LogP contribution in [0.3, 0.4) is 0 Å². The molecule has 1 aromatic carbocycles. The molecule has 0 amide bonds. The average Bonchev–Trinajstić information content (AvgIpc) is 2.49. The average molecular weight is 334 g/mol. The minimum absolute atomic E-state index is 0.233. The second-order valence-electron chi connectivity index (χ2n) is 5.76. The quantitative estimate of drug-likeness (QED) is 0.929. The van der Waals surface area contributed by atoms with E-state index < -0.39 is 6.36 Å². The SMILES string of the molecule is Cc1cc(OC(F)(F)F)ccc1Nc1nc2c(cc1C)=CCCC=2. The summed E-state index contributed by atoms with van der Waals surface area (Å²) in [5.74, 6) is 0.469. The maximum absolute atomic E-state index is 12.3. The standard InChI is InChI=1S/C18H17F3N2O/c1-11-10-14(24-18(19,20)21)7-8-15(11)22-17-12(2)9-13-5-3-4-6-16(13)23-17/h5-10H,3-4H2,1-2H3,(H,22,23). The van der Waals surface area contributed by atoms with E-state index >= 15 is 0 Å². The predicted octanol–water partition coefficient (Wildman–Crippen LogP) is 3.70. The van der Waals surface area contributed by atoms with Crippen molar-refractivity contribution in [3.05, 3.63) is 46.0 Å². The maximum Gasteiger partial charge on any atom is 0.573 e. The van der Waals surface area contributed by atoms with Crippen LogP contribution in [0.4, 0.5) is 24.7 Å². The van der Waals surface area contributed by atoms with Crippen LogP contribution >= 0.6 is 0 Å². The summed E-state index contributed by atoms with van der Waals surface area (Å²) in [6.07, 6.45) is 1.54. The van der Waals surface area contributed by atoms with Crippen molar-refractivity contribution in [1.82, 2.24) is 4.98 Å². The van der Waals surface area contributed by atoms with Gasteiger partial charge >= 0.3 is 6.36 Å². The van der Waals surface area contributed by atoms with Gasteiger partial charge in [0.25, 0.3) is 0 Å². The Labute approximate surface area is 137 Å². The van der Waals surface area contributed by atoms with E-state index in [0.717, 1.165) is 29.0 Å². The fourth-order valence-corrected chi connectivity index (χ4v) is 2.66. The van der Waals surface area contributed by atoms with Gasteiger partial charge in [-0.25, -0.2) is 4.98 Å². The molecule has 0 saturated heterocycles. The van der Waals surface area contributed by atoms with Crippen molar-refractivity contribution < 1.29 is 17.9 Å². The Balaban J connectivity index is 1.89. The molecule has 0 saturated carbocycles. The van der Waals surface area contributed by atoms with Gasteiger partial charge in [-0.05, 0) is 67.3 Å². The number of hydrogen-bond acceptors (Lipinski definition) is 3. The van der Waals surface area contributed by atoms with Crippen molar-refractivity contribution in [3.8, 4) is 5.75 Å². The molecule has 1 aliphatic rings. The number of benzene rings is 1. The highest BCUT2D eigenvalue weighted by Gasteiger charge is 2.31. The van der Waals surface area contributed by atoms with Crippen LogP contribution in [-0.4, -0.2) is 11.3 Å². The molecule has 2 aromatic rings. The molecule has 0 unspecified atom stereocenters. The number of nitrogens with one attached hydrogen (secondary N) is 1. The van der Waals surface area contributed by atoms with Crippen LogP contribution in [0.15, 0.2) is 24.3 Å². The lowest BCUT2D eigenvalue weighted by Gasteiger charge is -2.14. The number of nitrogens with zero attached hydrogens (tertiary/aromatic N) is 1. The van der Waals surface area contributed by atoms with E-state index in [1.54, 1.807) is 13.0 Å². The number of alkyl halides is 3. The zero-order valence-electron chi connectivity index (χ0n) is 13.4. The van der Waals surface area contributed by atoms with Crippen LogP contribution in [-0.2, 0) is 0 Å². The fraction of sp³-hybridized carbons (Fsp3) is 0.278. The predicted molar refractivity (Wildman–Crippen MR) is 87.5 cm³/mol. The van der Waals surface area contributed by atoms with Crippen molar-refractivity contribution in [1.29, 1.82) is 0 Å². The van der Waals surface area contributed by atoms with E-state index in [9.17, 15) is 13.2 Å². The van der Waals surface area contributed by atoms with E-state index in [0.29, 0.717) is 17.1 Å². The van der Waals surface area contributed by atoms with Crippen LogP contribution < -0.4 is 20.6 Å². The van der Waals surface area contributed by atoms with E-state index in [-0.39, 0.29) is 5.75 Å². The minimum Gasteiger partial charge on any atom is -0.406 e. The van der Waals surface area contributed by atoms with Crippen molar-refractivity contribution in [2.45, 2.75) is 33.1 Å². The summed E-state index contributed by atoms with van der Waals surface area (Å²) in [6, 6.07) is 6.27. The second-order valence-corrected chi connectivity index (χ2v) is 5.76. The summed E-state index contributed by atoms with van der Waals surface area (Å²) < 4.78 is 40.8. The van der Waals surface area contributed by atoms with Crippen molar-refractivity contribution in [2.75, 3.05) is 5.32 Å². The molecule has 1 aromatic heterocycles. The summed E-state index contributed by atoms with van der Waals surface area (Å²) in [6.45, 7) is 3.67. The molecule has 1 aliphatic carbocycles. The first-order valence-corrected chi connectivity index (χ1v) is 7.63. The molecule has 0 spiro atoms. The molecule has 1 heterocycles. The molecular formula is C18H17F3N2O. The molecule has 1 N–H and O–H groups in total. The largest absolute Gasteiger partial charge is 0.573 e. The zero-order valence-corrected chi connectivity index (χ0v) is 13.4. The third-order valence-electron chi connectivity index (χ3n) is 3.83. The highest BCUT2D eigenvalue weighted by molar-refractivity contribution is 5.64. The first-order valence-electron chi connectivity index (χ1n) is 7.63. The van der Waals surface area contributed by atoms with Gasteiger partial charge in [-0.2, -0.15) is 0 Å². The highest BCUT2D eigenvalue weighted by Crippen LogP contribution is 2.28. The van der Waals surface area contributed by atoms with E-state index in [4.69, 9.17) is 0 Å². The van der Waals surface area contributed by atoms with E-state index in [1.165, 1.54) is 12.1 Å². The molecular weight excluding hydrogens is 317 g/mol. The third-order valence-corrected chi connectivity index (χ3v) is 3.83. The van der Waals surface area contributed by atoms with Crippen LogP contribution in [0, 0.1) is 13.8 Å². The Morgan fingerprint density at radius 1 is 1.04 bits per heavy atom. The molecule has 3 rings (SSSR count). The van der Waals surface area contributed by atoms with Gasteiger partial charge in [0.05, 0.1) is 5.35 Å². The molecule has 0 atom stereocenters. The number of anilines is 2. The third kappa shape index (κ3) is 3.69. The Bertz CT molecular complexity index is 888. The fourth-order valence-electron chi connectivity index (χ4n) is 2.66. The van der Waals surface area contributed by atoms with Crippen molar-refractivity contribution in [3.63, 3.8) is 0 Å². The van der Waals surface area contributed by atoms with Gasteiger partial charge in [-0.1, -0.05) is 12.2 Å². The number of aromatic nitrogens is 1. The van der Waals surface area contributed by atoms with Gasteiger partial charge in [-0.3, -0.25) is 0 Å². The summed E-state index contributed by atoms with van der Waals surface area (Å²) in [7, 11) is 0. The number of ether oxygens (including phenoxy) is 1. The van der Waals surface area contributed by atoms with Gasteiger partial charge in [0.2, 0.25) is 0 Å². The lowest BCUT2D eigenvalue weighted by atomic mass is 10.1. The molecule has 6 heteroatoms. The zero-order chi connectivity index (χ0) is 17.3. The molecule has 126 valence electrons. The topological polar surface area (TPSA) is 34.1 Å². The summed E-state index contributed by atoms with van der Waals surface area (Å²) in [4.78, 5) is 4.62. The summed E-state index contributed by atoms with van der Waals surface area (Å²) in [5.41, 5.74) is 2.32. The highest BCUT2D eigenvalue weighted by atomic mass is 19.4. The van der Waals surface area contributed by atoms with E-state index in [2.05, 4.69) is 33.3 Å². The lowest BCUT2D eigenvalue weighted by Crippen LogP contribution is -2.31. The van der Waals surface area contributed by atoms with Gasteiger partial charge in [0, 0.05) is 5.69 Å². The molecule has 0 radical (unpaired) electrons. The second kappa shape index (κ2) is 6.19. The number of rotatable bonds is 3. The smallest absolute Gasteiger partial charge is 0.406 e. The van der Waals surface area contributed by atoms with Crippen LogP contribution in [0.1, 0.15) is 24.0 Å². The Morgan fingerprint density at radius 2 is 1.79 bits per heavy atom. The number of aryl methyl sites for hydroxylation is 2. The number of hydrogen-bond donors (Lipinski definition) is 1. The number of halogens is 3. The van der Waals surface area contributed by atoms with Crippen LogP contribution in [0.2, 0.25) is 0 Å². The normalized spacial score (nSPS) is 13.5. The van der Waals surface area contributed by atoms with Gasteiger partial charge in [0.1, 0.15) is 11.6 Å². The first-order chi connectivity index (χ1) is 11.3. The number of fused-ring (bicyclic) bond motifs is 1. The Kier molecular flexibility index (Phi) is 4.22. The van der Waals surface area contributed by atoms with Gasteiger partial charge in [-0.15, -0.1) is 13.2 Å². The van der Waals surface area contributed by atoms with Crippen LogP contribution in [0.5, 0.6) is 5.75 Å². The molecule has 0 bridgehead atoms. The first kappa shape index (κ1) is 16.4.